The number of nitrogens with zero attached hydrogens (tertiary/aromatic N) is 1. The van der Waals surface area contributed by atoms with Gasteiger partial charge < -0.3 is 23.8 Å². The molecule has 1 aliphatic rings. The molecule has 0 atom stereocenters. The van der Waals surface area contributed by atoms with Crippen LogP contribution in [-0.4, -0.2) is 42.7 Å². The fraction of sp³-hybridized carbons (Fsp3) is 0.286. The minimum Gasteiger partial charge on any atom is -0.493 e. The second kappa shape index (κ2) is 5.45. The van der Waals surface area contributed by atoms with Crippen molar-refractivity contribution in [2.75, 3.05) is 20.3 Å². The number of benzene rings is 1. The predicted molar refractivity (Wildman–Crippen MR) is 70.7 cm³/mol. The highest BCUT2D eigenvalue weighted by molar-refractivity contribution is 5.86. The van der Waals surface area contributed by atoms with Gasteiger partial charge in [-0.1, -0.05) is 5.16 Å². The summed E-state index contributed by atoms with van der Waals surface area (Å²) in [6.45, 7) is 1.13. The highest BCUT2D eigenvalue weighted by Gasteiger charge is 2.22. The maximum absolute atomic E-state index is 10.8. The molecule has 0 aliphatic carbocycles. The van der Waals surface area contributed by atoms with Gasteiger partial charge in [-0.25, -0.2) is 4.79 Å². The lowest BCUT2D eigenvalue weighted by atomic mass is 10.1. The van der Waals surface area contributed by atoms with Crippen molar-refractivity contribution in [1.82, 2.24) is 5.16 Å². The molecule has 1 fully saturated rings. The summed E-state index contributed by atoms with van der Waals surface area (Å²) < 4.78 is 21.1. The van der Waals surface area contributed by atoms with Gasteiger partial charge in [0.15, 0.2) is 23.0 Å². The summed E-state index contributed by atoms with van der Waals surface area (Å²) in [6, 6.07) is 6.57. The molecule has 1 saturated heterocycles. The van der Waals surface area contributed by atoms with Crippen LogP contribution >= 0.6 is 0 Å². The molecule has 110 valence electrons. The van der Waals surface area contributed by atoms with Crippen molar-refractivity contribution in [3.05, 3.63) is 30.0 Å². The van der Waals surface area contributed by atoms with Gasteiger partial charge in [0.05, 0.1) is 20.3 Å². The van der Waals surface area contributed by atoms with Gasteiger partial charge in [-0.05, 0) is 18.2 Å². The molecule has 2 heterocycles. The molecule has 0 unspecified atom stereocenters. The monoisotopic (exact) mass is 291 g/mol. The molecule has 0 radical (unpaired) electrons. The van der Waals surface area contributed by atoms with Crippen LogP contribution in [0.3, 0.4) is 0 Å². The molecule has 0 amide bonds. The van der Waals surface area contributed by atoms with Crippen molar-refractivity contribution in [2.45, 2.75) is 6.10 Å². The summed E-state index contributed by atoms with van der Waals surface area (Å²) >= 11 is 0. The van der Waals surface area contributed by atoms with Crippen LogP contribution in [0.5, 0.6) is 11.5 Å². The van der Waals surface area contributed by atoms with Crippen molar-refractivity contribution < 1.29 is 28.6 Å². The summed E-state index contributed by atoms with van der Waals surface area (Å²) in [7, 11) is 1.53. The summed E-state index contributed by atoms with van der Waals surface area (Å²) in [5.41, 5.74) is 0.514. The number of carboxylic acid groups (broad SMARTS) is 1. The van der Waals surface area contributed by atoms with Gasteiger partial charge in [-0.3, -0.25) is 0 Å². The number of methoxy groups -OCH3 is 1. The van der Waals surface area contributed by atoms with Crippen molar-refractivity contribution in [1.29, 1.82) is 0 Å². The van der Waals surface area contributed by atoms with Crippen LogP contribution in [-0.2, 0) is 4.74 Å². The molecule has 1 aliphatic heterocycles. The Labute approximate surface area is 120 Å². The van der Waals surface area contributed by atoms with Crippen LogP contribution < -0.4 is 9.47 Å². The molecule has 3 rings (SSSR count). The molecule has 0 bridgehead atoms. The third kappa shape index (κ3) is 2.68. The van der Waals surface area contributed by atoms with Gasteiger partial charge in [-0.15, -0.1) is 0 Å². The van der Waals surface area contributed by atoms with Crippen LogP contribution in [0, 0.1) is 0 Å². The first-order valence-corrected chi connectivity index (χ1v) is 6.30. The molecule has 1 aromatic heterocycles. The quantitative estimate of drug-likeness (QED) is 0.898. The minimum absolute atomic E-state index is 0.0358. The fourth-order valence-electron chi connectivity index (χ4n) is 1.89. The Balaban J connectivity index is 1.86. The molecule has 21 heavy (non-hydrogen) atoms. The predicted octanol–water partition coefficient (Wildman–Crippen LogP) is 1.83. The zero-order chi connectivity index (χ0) is 14.8. The van der Waals surface area contributed by atoms with Crippen molar-refractivity contribution in [2.24, 2.45) is 0 Å². The van der Waals surface area contributed by atoms with Crippen LogP contribution in [0.25, 0.3) is 11.3 Å². The molecule has 0 saturated carbocycles. The lowest BCUT2D eigenvalue weighted by molar-refractivity contribution is -0.0803. The highest BCUT2D eigenvalue weighted by atomic mass is 16.6. The van der Waals surface area contributed by atoms with E-state index in [9.17, 15) is 4.79 Å². The number of carboxylic acids is 1. The first-order chi connectivity index (χ1) is 10.2. The number of carbonyl (C=O) groups is 1. The Morgan fingerprint density at radius 1 is 1.33 bits per heavy atom. The van der Waals surface area contributed by atoms with Gasteiger partial charge in [0.1, 0.15) is 6.10 Å². The topological polar surface area (TPSA) is 91.0 Å². The number of hydrogen-bond acceptors (Lipinski definition) is 6. The lowest BCUT2D eigenvalue weighted by Gasteiger charge is -2.27. The van der Waals surface area contributed by atoms with Crippen LogP contribution in [0.4, 0.5) is 0 Å². The van der Waals surface area contributed by atoms with Crippen molar-refractivity contribution in [3.8, 4) is 22.8 Å². The normalized spacial score (nSPS) is 14.5. The van der Waals surface area contributed by atoms with E-state index in [0.29, 0.717) is 36.0 Å². The van der Waals surface area contributed by atoms with Crippen molar-refractivity contribution >= 4 is 5.97 Å². The Morgan fingerprint density at radius 3 is 2.71 bits per heavy atom. The molecular weight excluding hydrogens is 278 g/mol. The standard InChI is InChI=1S/C14H13NO6/c1-18-13-4-8(12-5-10(14(16)17)15-21-12)2-3-11(13)20-9-6-19-7-9/h2-5,9H,6-7H2,1H3,(H,16,17). The molecular formula is C14H13NO6. The lowest BCUT2D eigenvalue weighted by Crippen LogP contribution is -2.38. The van der Waals surface area contributed by atoms with E-state index < -0.39 is 5.97 Å². The molecule has 2 aromatic rings. The summed E-state index contributed by atoms with van der Waals surface area (Å²) in [4.78, 5) is 10.8. The Morgan fingerprint density at radius 2 is 2.14 bits per heavy atom. The van der Waals surface area contributed by atoms with E-state index in [4.69, 9.17) is 23.8 Å². The zero-order valence-electron chi connectivity index (χ0n) is 11.2. The van der Waals surface area contributed by atoms with E-state index in [2.05, 4.69) is 5.16 Å². The third-order valence-electron chi connectivity index (χ3n) is 3.08. The van der Waals surface area contributed by atoms with Crippen molar-refractivity contribution in [3.63, 3.8) is 0 Å². The first kappa shape index (κ1) is 13.4. The van der Waals surface area contributed by atoms with E-state index in [-0.39, 0.29) is 11.8 Å². The number of ether oxygens (including phenoxy) is 3. The number of aromatic nitrogens is 1. The van der Waals surface area contributed by atoms with E-state index >= 15 is 0 Å². The van der Waals surface area contributed by atoms with Crippen LogP contribution in [0.15, 0.2) is 28.8 Å². The molecule has 1 N–H and O–H groups in total. The summed E-state index contributed by atoms with van der Waals surface area (Å²) in [6.07, 6.45) is 0.0358. The molecule has 1 aromatic carbocycles. The van der Waals surface area contributed by atoms with Gasteiger partial charge in [-0.2, -0.15) is 0 Å². The summed E-state index contributed by atoms with van der Waals surface area (Å²) in [5.74, 6) is 0.353. The molecule has 0 spiro atoms. The SMILES string of the molecule is COc1cc(-c2cc(C(=O)O)no2)ccc1OC1COC1. The van der Waals surface area contributed by atoms with E-state index in [1.54, 1.807) is 18.2 Å². The number of rotatable bonds is 5. The molecule has 7 nitrogen and oxygen atoms in total. The fourth-order valence-corrected chi connectivity index (χ4v) is 1.89. The van der Waals surface area contributed by atoms with Gasteiger partial charge >= 0.3 is 5.97 Å². The Hall–Kier alpha value is -2.54. The molecule has 7 heteroatoms. The number of hydrogen-bond donors (Lipinski definition) is 1. The average Bonchev–Trinajstić information content (AvgIpc) is 2.92. The van der Waals surface area contributed by atoms with Crippen LogP contribution in [0.1, 0.15) is 10.5 Å². The Bertz CT molecular complexity index is 661. The average molecular weight is 291 g/mol. The first-order valence-electron chi connectivity index (χ1n) is 6.30. The zero-order valence-corrected chi connectivity index (χ0v) is 11.2. The maximum Gasteiger partial charge on any atom is 0.358 e. The van der Waals surface area contributed by atoms with E-state index in [1.807, 2.05) is 0 Å². The second-order valence-corrected chi connectivity index (χ2v) is 4.52. The van der Waals surface area contributed by atoms with Gasteiger partial charge in [0.2, 0.25) is 0 Å². The summed E-state index contributed by atoms with van der Waals surface area (Å²) in [5, 5.41) is 12.3. The highest BCUT2D eigenvalue weighted by Crippen LogP contribution is 2.34. The number of aromatic carboxylic acids is 1. The van der Waals surface area contributed by atoms with Gasteiger partial charge in [0, 0.05) is 11.6 Å². The second-order valence-electron chi connectivity index (χ2n) is 4.52. The van der Waals surface area contributed by atoms with Crippen LogP contribution in [0.2, 0.25) is 0 Å². The van der Waals surface area contributed by atoms with E-state index in [0.717, 1.165) is 0 Å². The van der Waals surface area contributed by atoms with E-state index in [1.165, 1.54) is 13.2 Å². The Kier molecular flexibility index (Phi) is 3.49. The van der Waals surface area contributed by atoms with Gasteiger partial charge in [0.25, 0.3) is 0 Å². The minimum atomic E-state index is -1.14. The maximum atomic E-state index is 10.8. The smallest absolute Gasteiger partial charge is 0.358 e. The third-order valence-corrected chi connectivity index (χ3v) is 3.08. The largest absolute Gasteiger partial charge is 0.493 e.